The first-order chi connectivity index (χ1) is 8.61. The summed E-state index contributed by atoms with van der Waals surface area (Å²) in [5.41, 5.74) is 7.53. The number of aromatic nitrogens is 2. The van der Waals surface area contributed by atoms with E-state index in [1.54, 1.807) is 6.07 Å². The number of nitrogen functional groups attached to an aromatic ring is 1. The van der Waals surface area contributed by atoms with Gasteiger partial charge in [-0.05, 0) is 36.2 Å². The van der Waals surface area contributed by atoms with Crippen LogP contribution in [-0.4, -0.2) is 22.4 Å². The number of anilines is 1. The maximum absolute atomic E-state index is 11.6. The summed E-state index contributed by atoms with van der Waals surface area (Å²) in [7, 11) is 1.33. The molecule has 18 heavy (non-hydrogen) atoms. The first-order valence-electron chi connectivity index (χ1n) is 5.04. The molecule has 0 spiro atoms. The highest BCUT2D eigenvalue weighted by Crippen LogP contribution is 2.32. The lowest BCUT2D eigenvalue weighted by atomic mass is 10.1. The Balaban J connectivity index is 2.38. The fourth-order valence-electron chi connectivity index (χ4n) is 1.41. The van der Waals surface area contributed by atoms with Gasteiger partial charge in [-0.1, -0.05) is 11.8 Å². The van der Waals surface area contributed by atoms with Gasteiger partial charge >= 0.3 is 5.97 Å². The number of hydrogen-bond acceptors (Lipinski definition) is 7. The topological polar surface area (TPSA) is 78.1 Å². The van der Waals surface area contributed by atoms with Gasteiger partial charge in [0.1, 0.15) is 6.33 Å². The number of hydrogen-bond donors (Lipinski definition) is 1. The Morgan fingerprint density at radius 3 is 2.89 bits per heavy atom. The Hall–Kier alpha value is -1.60. The van der Waals surface area contributed by atoms with Gasteiger partial charge in [-0.15, -0.1) is 0 Å². The number of benzene rings is 1. The SMILES string of the molecule is COC(=O)c1cc(Sc2ncns2)cc(C)c1N. The number of carbonyl (C=O) groups excluding carboxylic acids is 1. The molecule has 2 rings (SSSR count). The van der Waals surface area contributed by atoms with Crippen LogP contribution in [0.15, 0.2) is 27.7 Å². The summed E-state index contributed by atoms with van der Waals surface area (Å²) in [5, 5.41) is 0. The smallest absolute Gasteiger partial charge is 0.340 e. The molecule has 0 saturated heterocycles. The zero-order valence-corrected chi connectivity index (χ0v) is 11.5. The molecule has 2 aromatic rings. The maximum Gasteiger partial charge on any atom is 0.340 e. The van der Waals surface area contributed by atoms with Crippen molar-refractivity contribution in [1.82, 2.24) is 9.36 Å². The van der Waals surface area contributed by atoms with Crippen LogP contribution in [0.5, 0.6) is 0 Å². The summed E-state index contributed by atoms with van der Waals surface area (Å²) >= 11 is 2.74. The van der Waals surface area contributed by atoms with Gasteiger partial charge in [-0.25, -0.2) is 9.78 Å². The molecule has 0 aliphatic rings. The number of esters is 1. The highest BCUT2D eigenvalue weighted by molar-refractivity contribution is 8.01. The Bertz CT molecular complexity index is 570. The monoisotopic (exact) mass is 281 g/mol. The zero-order chi connectivity index (χ0) is 13.1. The highest BCUT2D eigenvalue weighted by atomic mass is 32.2. The van der Waals surface area contributed by atoms with Gasteiger partial charge < -0.3 is 10.5 Å². The number of nitrogens with two attached hydrogens (primary N) is 1. The fraction of sp³-hybridized carbons (Fsp3) is 0.182. The quantitative estimate of drug-likeness (QED) is 0.687. The van der Waals surface area contributed by atoms with Crippen molar-refractivity contribution in [3.05, 3.63) is 29.6 Å². The minimum Gasteiger partial charge on any atom is -0.465 e. The Morgan fingerprint density at radius 2 is 2.28 bits per heavy atom. The molecule has 94 valence electrons. The summed E-state index contributed by atoms with van der Waals surface area (Å²) in [5.74, 6) is -0.435. The second kappa shape index (κ2) is 5.36. The van der Waals surface area contributed by atoms with Crippen LogP contribution in [0.25, 0.3) is 0 Å². The molecule has 0 fully saturated rings. The largest absolute Gasteiger partial charge is 0.465 e. The second-order valence-corrected chi connectivity index (χ2v) is 5.60. The third kappa shape index (κ3) is 2.62. The molecule has 0 aliphatic heterocycles. The van der Waals surface area contributed by atoms with Crippen molar-refractivity contribution in [2.24, 2.45) is 0 Å². The molecule has 0 unspecified atom stereocenters. The van der Waals surface area contributed by atoms with Crippen LogP contribution < -0.4 is 5.73 Å². The van der Waals surface area contributed by atoms with Crippen LogP contribution in [-0.2, 0) is 4.74 Å². The van der Waals surface area contributed by atoms with Gasteiger partial charge in [0, 0.05) is 10.6 Å². The highest BCUT2D eigenvalue weighted by Gasteiger charge is 2.14. The van der Waals surface area contributed by atoms with Gasteiger partial charge in [-0.3, -0.25) is 0 Å². The average molecular weight is 281 g/mol. The number of rotatable bonds is 3. The summed E-state index contributed by atoms with van der Waals surface area (Å²) in [6, 6.07) is 3.62. The predicted molar refractivity (Wildman–Crippen MR) is 71.0 cm³/mol. The number of ether oxygens (including phenoxy) is 1. The van der Waals surface area contributed by atoms with E-state index in [0.717, 1.165) is 14.8 Å². The molecule has 0 radical (unpaired) electrons. The van der Waals surface area contributed by atoms with E-state index in [2.05, 4.69) is 9.36 Å². The molecule has 2 N–H and O–H groups in total. The summed E-state index contributed by atoms with van der Waals surface area (Å²) in [6.07, 6.45) is 1.50. The summed E-state index contributed by atoms with van der Waals surface area (Å²) in [6.45, 7) is 1.85. The van der Waals surface area contributed by atoms with Gasteiger partial charge in [-0.2, -0.15) is 4.37 Å². The van der Waals surface area contributed by atoms with Gasteiger partial charge in [0.2, 0.25) is 0 Å². The number of aryl methyl sites for hydroxylation is 1. The molecule has 0 bridgehead atoms. The van der Waals surface area contributed by atoms with Crippen molar-refractivity contribution in [3.8, 4) is 0 Å². The molecule has 0 atom stereocenters. The molecular formula is C11H11N3O2S2. The molecule has 1 aromatic heterocycles. The molecule has 0 amide bonds. The van der Waals surface area contributed by atoms with Crippen molar-refractivity contribution in [2.75, 3.05) is 12.8 Å². The summed E-state index contributed by atoms with van der Waals surface area (Å²) in [4.78, 5) is 16.6. The van der Waals surface area contributed by atoms with E-state index >= 15 is 0 Å². The van der Waals surface area contributed by atoms with E-state index in [0.29, 0.717) is 11.3 Å². The van der Waals surface area contributed by atoms with Crippen LogP contribution in [0.4, 0.5) is 5.69 Å². The third-order valence-electron chi connectivity index (χ3n) is 2.31. The van der Waals surface area contributed by atoms with Gasteiger partial charge in [0.15, 0.2) is 4.34 Å². The minimum absolute atomic E-state index is 0.379. The fourth-order valence-corrected chi connectivity index (χ4v) is 2.97. The lowest BCUT2D eigenvalue weighted by Crippen LogP contribution is -2.07. The van der Waals surface area contributed by atoms with Crippen molar-refractivity contribution in [3.63, 3.8) is 0 Å². The summed E-state index contributed by atoms with van der Waals surface area (Å²) < 4.78 is 9.45. The third-order valence-corrected chi connectivity index (χ3v) is 4.00. The van der Waals surface area contributed by atoms with Gasteiger partial charge in [0.25, 0.3) is 0 Å². The molecule has 0 saturated carbocycles. The van der Waals surface area contributed by atoms with E-state index in [-0.39, 0.29) is 0 Å². The lowest BCUT2D eigenvalue weighted by Gasteiger charge is -2.09. The first-order valence-corrected chi connectivity index (χ1v) is 6.63. The predicted octanol–water partition coefficient (Wildman–Crippen LogP) is 2.37. The van der Waals surface area contributed by atoms with Crippen LogP contribution in [0.1, 0.15) is 15.9 Å². The van der Waals surface area contributed by atoms with Crippen molar-refractivity contribution < 1.29 is 9.53 Å². The standard InChI is InChI=1S/C11H11N3O2S2/c1-6-3-7(17-11-13-5-14-18-11)4-8(9(6)12)10(15)16-2/h3-5H,12H2,1-2H3. The Morgan fingerprint density at radius 1 is 1.50 bits per heavy atom. The first kappa shape index (κ1) is 12.8. The lowest BCUT2D eigenvalue weighted by molar-refractivity contribution is 0.0601. The van der Waals surface area contributed by atoms with E-state index in [1.165, 1.54) is 36.7 Å². The van der Waals surface area contributed by atoms with Crippen molar-refractivity contribution in [2.45, 2.75) is 16.2 Å². The second-order valence-electron chi connectivity index (χ2n) is 3.50. The van der Waals surface area contributed by atoms with Crippen LogP contribution >= 0.6 is 23.3 Å². The minimum atomic E-state index is -0.435. The molecule has 1 heterocycles. The Labute approximate surface area is 113 Å². The van der Waals surface area contributed by atoms with Crippen molar-refractivity contribution in [1.29, 1.82) is 0 Å². The number of methoxy groups -OCH3 is 1. The van der Waals surface area contributed by atoms with E-state index in [9.17, 15) is 4.79 Å². The van der Waals surface area contributed by atoms with E-state index in [4.69, 9.17) is 10.5 Å². The zero-order valence-electron chi connectivity index (χ0n) is 9.84. The maximum atomic E-state index is 11.6. The Kier molecular flexibility index (Phi) is 3.83. The average Bonchev–Trinajstić information content (AvgIpc) is 2.85. The van der Waals surface area contributed by atoms with Gasteiger partial charge in [0.05, 0.1) is 12.7 Å². The van der Waals surface area contributed by atoms with Crippen LogP contribution in [0.2, 0.25) is 0 Å². The van der Waals surface area contributed by atoms with Crippen molar-refractivity contribution >= 4 is 35.0 Å². The van der Waals surface area contributed by atoms with Crippen LogP contribution in [0.3, 0.4) is 0 Å². The normalized spacial score (nSPS) is 10.3. The number of nitrogens with zero attached hydrogens (tertiary/aromatic N) is 2. The van der Waals surface area contributed by atoms with Crippen LogP contribution in [0, 0.1) is 6.92 Å². The molecule has 1 aromatic carbocycles. The molecule has 0 aliphatic carbocycles. The number of carbonyl (C=O) groups is 1. The molecular weight excluding hydrogens is 270 g/mol. The molecule has 5 nitrogen and oxygen atoms in total. The van der Waals surface area contributed by atoms with E-state index < -0.39 is 5.97 Å². The van der Waals surface area contributed by atoms with E-state index in [1.807, 2.05) is 13.0 Å². The molecule has 7 heteroatoms.